The molecule has 0 spiro atoms. The quantitative estimate of drug-likeness (QED) is 0.392. The first kappa shape index (κ1) is 21.3. The van der Waals surface area contributed by atoms with Crippen LogP contribution >= 0.6 is 0 Å². The molecule has 0 N–H and O–H groups in total. The van der Waals surface area contributed by atoms with Gasteiger partial charge >= 0.3 is 6.09 Å². The van der Waals surface area contributed by atoms with E-state index in [-0.39, 0.29) is 0 Å². The number of pyridine rings is 1. The van der Waals surface area contributed by atoms with Gasteiger partial charge in [-0.1, -0.05) is 30.3 Å². The summed E-state index contributed by atoms with van der Waals surface area (Å²) in [6.45, 7) is 5.98. The van der Waals surface area contributed by atoms with Crippen LogP contribution in [0.3, 0.4) is 0 Å². The summed E-state index contributed by atoms with van der Waals surface area (Å²) in [6.07, 6.45) is 4.59. The van der Waals surface area contributed by atoms with Crippen LogP contribution in [0.25, 0.3) is 22.4 Å². The van der Waals surface area contributed by atoms with E-state index < -0.39 is 11.7 Å². The summed E-state index contributed by atoms with van der Waals surface area (Å²) < 4.78 is 12.6. The number of aromatic nitrogens is 3. The van der Waals surface area contributed by atoms with Crippen molar-refractivity contribution < 1.29 is 14.3 Å². The summed E-state index contributed by atoms with van der Waals surface area (Å²) in [5.41, 5.74) is 3.76. The van der Waals surface area contributed by atoms with Gasteiger partial charge in [-0.05, 0) is 68.3 Å². The molecule has 0 radical (unpaired) electrons. The van der Waals surface area contributed by atoms with E-state index in [0.717, 1.165) is 28.0 Å². The van der Waals surface area contributed by atoms with Crippen LogP contribution in [0, 0.1) is 0 Å². The lowest BCUT2D eigenvalue weighted by Crippen LogP contribution is -2.27. The number of carbonyl (C=O) groups excluding carboxylic acids is 1. The predicted octanol–water partition coefficient (Wildman–Crippen LogP) is 5.97. The van der Waals surface area contributed by atoms with E-state index in [0.29, 0.717) is 12.3 Å². The SMILES string of the molecule is CC(C)(C)OC(=O)n1cc(-c2ccncc2)c(-c2ccc(OCc3ccccc3)cc2)n1. The van der Waals surface area contributed by atoms with Gasteiger partial charge < -0.3 is 9.47 Å². The number of benzene rings is 2. The normalized spacial score (nSPS) is 11.2. The van der Waals surface area contributed by atoms with Crippen LogP contribution in [0.4, 0.5) is 4.79 Å². The zero-order valence-corrected chi connectivity index (χ0v) is 18.4. The van der Waals surface area contributed by atoms with Crippen LogP contribution in [0.1, 0.15) is 26.3 Å². The molecule has 32 heavy (non-hydrogen) atoms. The highest BCUT2D eigenvalue weighted by Gasteiger charge is 2.21. The van der Waals surface area contributed by atoms with Crippen molar-refractivity contribution in [3.05, 3.63) is 90.9 Å². The average molecular weight is 428 g/mol. The number of rotatable bonds is 5. The van der Waals surface area contributed by atoms with Crippen molar-refractivity contribution in [3.63, 3.8) is 0 Å². The Morgan fingerprint density at radius 1 is 0.906 bits per heavy atom. The van der Waals surface area contributed by atoms with Gasteiger partial charge in [-0.25, -0.2) is 4.79 Å². The van der Waals surface area contributed by atoms with Crippen molar-refractivity contribution >= 4 is 6.09 Å². The van der Waals surface area contributed by atoms with Crippen LogP contribution in [-0.2, 0) is 11.3 Å². The Balaban J connectivity index is 1.62. The molecule has 0 atom stereocenters. The zero-order chi connectivity index (χ0) is 22.6. The van der Waals surface area contributed by atoms with E-state index in [2.05, 4.69) is 10.1 Å². The Kier molecular flexibility index (Phi) is 6.03. The first-order valence-electron chi connectivity index (χ1n) is 10.4. The van der Waals surface area contributed by atoms with Gasteiger partial charge in [-0.3, -0.25) is 4.98 Å². The van der Waals surface area contributed by atoms with Crippen molar-refractivity contribution in [1.82, 2.24) is 14.8 Å². The molecule has 4 aromatic rings. The van der Waals surface area contributed by atoms with E-state index >= 15 is 0 Å². The molecule has 0 saturated carbocycles. The topological polar surface area (TPSA) is 66.2 Å². The molecule has 0 bridgehead atoms. The van der Waals surface area contributed by atoms with Gasteiger partial charge in [0.2, 0.25) is 0 Å². The maximum absolute atomic E-state index is 12.6. The smallest absolute Gasteiger partial charge is 0.435 e. The molecule has 4 rings (SSSR count). The van der Waals surface area contributed by atoms with Crippen molar-refractivity contribution in [2.24, 2.45) is 0 Å². The minimum Gasteiger partial charge on any atom is -0.489 e. The lowest BCUT2D eigenvalue weighted by atomic mass is 10.0. The number of nitrogens with zero attached hydrogens (tertiary/aromatic N) is 3. The summed E-state index contributed by atoms with van der Waals surface area (Å²) in [6, 6.07) is 21.5. The van der Waals surface area contributed by atoms with E-state index in [4.69, 9.17) is 9.47 Å². The first-order valence-corrected chi connectivity index (χ1v) is 10.4. The molecule has 0 aliphatic heterocycles. The molecule has 0 amide bonds. The van der Waals surface area contributed by atoms with Gasteiger partial charge in [0.1, 0.15) is 23.7 Å². The number of hydrogen-bond acceptors (Lipinski definition) is 5. The highest BCUT2D eigenvalue weighted by atomic mass is 16.6. The third-order valence-electron chi connectivity index (χ3n) is 4.66. The van der Waals surface area contributed by atoms with Gasteiger partial charge in [0, 0.05) is 29.7 Å². The number of ether oxygens (including phenoxy) is 2. The van der Waals surface area contributed by atoms with Crippen LogP contribution in [0.5, 0.6) is 5.75 Å². The fourth-order valence-electron chi connectivity index (χ4n) is 3.18. The molecule has 0 aliphatic rings. The number of hydrogen-bond donors (Lipinski definition) is 0. The Morgan fingerprint density at radius 2 is 1.59 bits per heavy atom. The fraction of sp³-hybridized carbons (Fsp3) is 0.192. The summed E-state index contributed by atoms with van der Waals surface area (Å²) in [5.74, 6) is 0.759. The summed E-state index contributed by atoms with van der Waals surface area (Å²) in [7, 11) is 0. The third-order valence-corrected chi connectivity index (χ3v) is 4.66. The largest absolute Gasteiger partial charge is 0.489 e. The Labute approximate surface area is 187 Å². The second kappa shape index (κ2) is 9.06. The Morgan fingerprint density at radius 3 is 2.25 bits per heavy atom. The highest BCUT2D eigenvalue weighted by Crippen LogP contribution is 2.32. The molecule has 0 aliphatic carbocycles. The molecule has 0 saturated heterocycles. The Bertz CT molecular complexity index is 1180. The van der Waals surface area contributed by atoms with Crippen LogP contribution in [0.2, 0.25) is 0 Å². The lowest BCUT2D eigenvalue weighted by Gasteiger charge is -2.18. The van der Waals surface area contributed by atoms with Gasteiger partial charge in [0.15, 0.2) is 0 Å². The molecule has 6 nitrogen and oxygen atoms in total. The van der Waals surface area contributed by atoms with E-state index in [1.165, 1.54) is 4.68 Å². The lowest BCUT2D eigenvalue weighted by molar-refractivity contribution is 0.0515. The molecule has 2 aromatic carbocycles. The maximum Gasteiger partial charge on any atom is 0.435 e. The monoisotopic (exact) mass is 427 g/mol. The summed E-state index contributed by atoms with van der Waals surface area (Å²) in [4.78, 5) is 16.7. The summed E-state index contributed by atoms with van der Waals surface area (Å²) >= 11 is 0. The molecule has 162 valence electrons. The Hall–Kier alpha value is -3.93. The van der Waals surface area contributed by atoms with E-state index in [1.807, 2.05) is 87.5 Å². The number of carbonyl (C=O) groups is 1. The van der Waals surface area contributed by atoms with Crippen molar-refractivity contribution in [2.45, 2.75) is 33.0 Å². The van der Waals surface area contributed by atoms with Gasteiger partial charge in [-0.15, -0.1) is 0 Å². The minimum absolute atomic E-state index is 0.496. The second-order valence-electron chi connectivity index (χ2n) is 8.35. The second-order valence-corrected chi connectivity index (χ2v) is 8.35. The third kappa shape index (κ3) is 5.21. The zero-order valence-electron chi connectivity index (χ0n) is 18.4. The van der Waals surface area contributed by atoms with E-state index in [1.54, 1.807) is 18.6 Å². The minimum atomic E-state index is -0.613. The highest BCUT2D eigenvalue weighted by molar-refractivity contribution is 5.83. The summed E-state index contributed by atoms with van der Waals surface area (Å²) in [5, 5.41) is 4.55. The molecule has 2 aromatic heterocycles. The predicted molar refractivity (Wildman–Crippen MR) is 123 cm³/mol. The molecule has 0 fully saturated rings. The van der Waals surface area contributed by atoms with Gasteiger partial charge in [-0.2, -0.15) is 9.78 Å². The van der Waals surface area contributed by atoms with E-state index in [9.17, 15) is 4.79 Å². The maximum atomic E-state index is 12.6. The fourth-order valence-corrected chi connectivity index (χ4v) is 3.18. The average Bonchev–Trinajstić information content (AvgIpc) is 3.24. The van der Waals surface area contributed by atoms with Gasteiger partial charge in [0.05, 0.1) is 0 Å². The van der Waals surface area contributed by atoms with Crippen LogP contribution in [0.15, 0.2) is 85.3 Å². The molecular weight excluding hydrogens is 402 g/mol. The van der Waals surface area contributed by atoms with Gasteiger partial charge in [0.25, 0.3) is 0 Å². The molecule has 2 heterocycles. The molecular formula is C26H25N3O3. The molecule has 0 unspecified atom stereocenters. The van der Waals surface area contributed by atoms with Crippen molar-refractivity contribution in [1.29, 1.82) is 0 Å². The van der Waals surface area contributed by atoms with Crippen molar-refractivity contribution in [3.8, 4) is 28.1 Å². The molecule has 6 heteroatoms. The van der Waals surface area contributed by atoms with Crippen LogP contribution < -0.4 is 4.74 Å². The standard InChI is InChI=1S/C26H25N3O3/c1-26(2,3)32-25(30)29-17-23(20-13-15-27-16-14-20)24(28-29)21-9-11-22(12-10-21)31-18-19-7-5-4-6-8-19/h4-17H,18H2,1-3H3. The van der Waals surface area contributed by atoms with Crippen molar-refractivity contribution in [2.75, 3.05) is 0 Å². The van der Waals surface area contributed by atoms with Crippen LogP contribution in [-0.4, -0.2) is 26.5 Å². The first-order chi connectivity index (χ1) is 15.4.